The standard InChI is InChI=1S/C22H24N4O/c1-16-23-19-15-17(22-24-18-7-3-4-8-21(18)27-22)9-10-20(19)26(16)14-13-25-11-5-2-6-12-25/h3-4,7-10,15H,2,5-6,11-14H2,1H3. The quantitative estimate of drug-likeness (QED) is 0.532. The van der Waals surface area contributed by atoms with Crippen molar-refractivity contribution in [1.29, 1.82) is 0 Å². The van der Waals surface area contributed by atoms with Crippen LogP contribution in [0.5, 0.6) is 0 Å². The van der Waals surface area contributed by atoms with Crippen molar-refractivity contribution < 1.29 is 4.42 Å². The lowest BCUT2D eigenvalue weighted by molar-refractivity contribution is 0.221. The summed E-state index contributed by atoms with van der Waals surface area (Å²) in [6, 6.07) is 14.2. The zero-order chi connectivity index (χ0) is 18.2. The molecule has 0 amide bonds. The second kappa shape index (κ2) is 6.82. The Labute approximate surface area is 158 Å². The number of piperidine rings is 1. The van der Waals surface area contributed by atoms with E-state index in [0.29, 0.717) is 5.89 Å². The summed E-state index contributed by atoms with van der Waals surface area (Å²) < 4.78 is 8.25. The molecule has 1 saturated heterocycles. The Hall–Kier alpha value is -2.66. The van der Waals surface area contributed by atoms with Gasteiger partial charge in [-0.15, -0.1) is 0 Å². The van der Waals surface area contributed by atoms with Crippen LogP contribution in [0.3, 0.4) is 0 Å². The number of aromatic nitrogens is 3. The first-order valence-corrected chi connectivity index (χ1v) is 9.83. The van der Waals surface area contributed by atoms with Crippen LogP contribution in [-0.4, -0.2) is 39.1 Å². The van der Waals surface area contributed by atoms with E-state index in [4.69, 9.17) is 9.40 Å². The number of hydrogen-bond donors (Lipinski definition) is 0. The van der Waals surface area contributed by atoms with Crippen LogP contribution >= 0.6 is 0 Å². The highest BCUT2D eigenvalue weighted by Crippen LogP contribution is 2.27. The maximum Gasteiger partial charge on any atom is 0.227 e. The van der Waals surface area contributed by atoms with E-state index in [2.05, 4.69) is 39.6 Å². The number of fused-ring (bicyclic) bond motifs is 2. The summed E-state index contributed by atoms with van der Waals surface area (Å²) in [4.78, 5) is 12.0. The highest BCUT2D eigenvalue weighted by Gasteiger charge is 2.14. The molecule has 2 aromatic carbocycles. The third-order valence-corrected chi connectivity index (χ3v) is 5.57. The van der Waals surface area contributed by atoms with Crippen molar-refractivity contribution in [3.8, 4) is 11.5 Å². The number of nitrogens with zero attached hydrogens (tertiary/aromatic N) is 4. The average Bonchev–Trinajstić information content (AvgIpc) is 3.27. The van der Waals surface area contributed by atoms with Crippen molar-refractivity contribution in [1.82, 2.24) is 19.4 Å². The number of hydrogen-bond acceptors (Lipinski definition) is 4. The van der Waals surface area contributed by atoms with Gasteiger partial charge in [-0.1, -0.05) is 18.6 Å². The second-order valence-corrected chi connectivity index (χ2v) is 7.40. The largest absolute Gasteiger partial charge is 0.436 e. The van der Waals surface area contributed by atoms with Crippen molar-refractivity contribution in [3.63, 3.8) is 0 Å². The van der Waals surface area contributed by atoms with E-state index >= 15 is 0 Å². The van der Waals surface area contributed by atoms with Gasteiger partial charge in [0.1, 0.15) is 11.3 Å². The molecule has 0 aliphatic carbocycles. The van der Waals surface area contributed by atoms with E-state index in [-0.39, 0.29) is 0 Å². The third kappa shape index (κ3) is 3.12. The van der Waals surface area contributed by atoms with Crippen LogP contribution in [0.15, 0.2) is 46.9 Å². The fourth-order valence-corrected chi connectivity index (χ4v) is 4.09. The molecule has 1 fully saturated rings. The molecule has 0 atom stereocenters. The summed E-state index contributed by atoms with van der Waals surface area (Å²) in [6.45, 7) is 6.64. The molecule has 0 radical (unpaired) electrons. The number of imidazole rings is 1. The van der Waals surface area contributed by atoms with Crippen LogP contribution < -0.4 is 0 Å². The van der Waals surface area contributed by atoms with Gasteiger partial charge in [-0.3, -0.25) is 0 Å². The molecule has 0 unspecified atom stereocenters. The summed E-state index contributed by atoms with van der Waals surface area (Å²) >= 11 is 0. The molecule has 5 rings (SSSR count). The van der Waals surface area contributed by atoms with Crippen molar-refractivity contribution >= 4 is 22.1 Å². The van der Waals surface area contributed by atoms with Gasteiger partial charge in [-0.05, 0) is 63.2 Å². The van der Waals surface area contributed by atoms with Crippen molar-refractivity contribution in [2.45, 2.75) is 32.7 Å². The maximum atomic E-state index is 5.91. The summed E-state index contributed by atoms with van der Waals surface area (Å²) in [5.74, 6) is 1.72. The molecule has 5 heteroatoms. The minimum absolute atomic E-state index is 0.651. The van der Waals surface area contributed by atoms with Crippen molar-refractivity contribution in [3.05, 3.63) is 48.3 Å². The summed E-state index contributed by atoms with van der Waals surface area (Å²) in [6.07, 6.45) is 4.04. The Morgan fingerprint density at radius 3 is 2.63 bits per heavy atom. The zero-order valence-electron chi connectivity index (χ0n) is 15.7. The Kier molecular flexibility index (Phi) is 4.17. The van der Waals surface area contributed by atoms with Crippen LogP contribution in [0.1, 0.15) is 25.1 Å². The minimum atomic E-state index is 0.651. The predicted molar refractivity (Wildman–Crippen MR) is 108 cm³/mol. The predicted octanol–water partition coefficient (Wildman–Crippen LogP) is 4.64. The van der Waals surface area contributed by atoms with Gasteiger partial charge in [0.05, 0.1) is 11.0 Å². The number of para-hydroxylation sites is 2. The molecule has 0 saturated carbocycles. The van der Waals surface area contributed by atoms with Crippen molar-refractivity contribution in [2.24, 2.45) is 0 Å². The lowest BCUT2D eigenvalue weighted by Gasteiger charge is -2.26. The average molecular weight is 360 g/mol. The Bertz CT molecular complexity index is 1060. The first kappa shape index (κ1) is 16.5. The number of rotatable bonds is 4. The SMILES string of the molecule is Cc1nc2cc(-c3nc4ccccc4o3)ccc2n1CCN1CCCCC1. The second-order valence-electron chi connectivity index (χ2n) is 7.40. The lowest BCUT2D eigenvalue weighted by Crippen LogP contribution is -2.32. The minimum Gasteiger partial charge on any atom is -0.436 e. The van der Waals surface area contributed by atoms with Gasteiger partial charge in [0, 0.05) is 18.7 Å². The van der Waals surface area contributed by atoms with Gasteiger partial charge in [0.15, 0.2) is 5.58 Å². The van der Waals surface area contributed by atoms with Crippen LogP contribution in [0, 0.1) is 6.92 Å². The van der Waals surface area contributed by atoms with Gasteiger partial charge in [0.2, 0.25) is 5.89 Å². The molecule has 2 aromatic heterocycles. The number of aryl methyl sites for hydroxylation is 1. The molecule has 1 aliphatic heterocycles. The number of oxazole rings is 1. The van der Waals surface area contributed by atoms with Gasteiger partial charge >= 0.3 is 0 Å². The number of likely N-dealkylation sites (tertiary alicyclic amines) is 1. The highest BCUT2D eigenvalue weighted by molar-refractivity contribution is 5.83. The van der Waals surface area contributed by atoms with Gasteiger partial charge in [-0.2, -0.15) is 0 Å². The molecule has 138 valence electrons. The smallest absolute Gasteiger partial charge is 0.227 e. The van der Waals surface area contributed by atoms with Crippen LogP contribution in [0.2, 0.25) is 0 Å². The molecular formula is C22H24N4O. The monoisotopic (exact) mass is 360 g/mol. The van der Waals surface area contributed by atoms with E-state index < -0.39 is 0 Å². The molecule has 0 bridgehead atoms. The van der Waals surface area contributed by atoms with Gasteiger partial charge in [-0.25, -0.2) is 9.97 Å². The Balaban J connectivity index is 1.44. The van der Waals surface area contributed by atoms with Crippen LogP contribution in [0.4, 0.5) is 0 Å². The van der Waals surface area contributed by atoms with E-state index in [9.17, 15) is 0 Å². The fourth-order valence-electron chi connectivity index (χ4n) is 4.09. The molecule has 27 heavy (non-hydrogen) atoms. The summed E-state index contributed by atoms with van der Waals surface area (Å²) in [5, 5.41) is 0. The van der Waals surface area contributed by atoms with Crippen LogP contribution in [0.25, 0.3) is 33.6 Å². The topological polar surface area (TPSA) is 47.1 Å². The third-order valence-electron chi connectivity index (χ3n) is 5.57. The van der Waals surface area contributed by atoms with Crippen molar-refractivity contribution in [2.75, 3.05) is 19.6 Å². The maximum absolute atomic E-state index is 5.91. The molecular weight excluding hydrogens is 336 g/mol. The Morgan fingerprint density at radius 2 is 1.78 bits per heavy atom. The molecule has 4 aromatic rings. The molecule has 0 N–H and O–H groups in total. The molecule has 1 aliphatic rings. The highest BCUT2D eigenvalue weighted by atomic mass is 16.3. The first-order chi connectivity index (χ1) is 13.3. The lowest BCUT2D eigenvalue weighted by atomic mass is 10.1. The number of benzene rings is 2. The fraction of sp³-hybridized carbons (Fsp3) is 0.364. The zero-order valence-corrected chi connectivity index (χ0v) is 15.7. The van der Waals surface area contributed by atoms with Crippen LogP contribution in [-0.2, 0) is 6.54 Å². The van der Waals surface area contributed by atoms with Gasteiger partial charge < -0.3 is 13.9 Å². The van der Waals surface area contributed by atoms with Gasteiger partial charge in [0.25, 0.3) is 0 Å². The molecule has 5 nitrogen and oxygen atoms in total. The van der Waals surface area contributed by atoms with E-state index in [1.165, 1.54) is 37.9 Å². The van der Waals surface area contributed by atoms with E-state index in [1.807, 2.05) is 24.3 Å². The molecule has 3 heterocycles. The summed E-state index contributed by atoms with van der Waals surface area (Å²) in [5.41, 5.74) is 4.86. The molecule has 0 spiro atoms. The van der Waals surface area contributed by atoms with E-state index in [1.54, 1.807) is 0 Å². The summed E-state index contributed by atoms with van der Waals surface area (Å²) in [7, 11) is 0. The Morgan fingerprint density at radius 1 is 0.926 bits per heavy atom. The first-order valence-electron chi connectivity index (χ1n) is 9.83. The van der Waals surface area contributed by atoms with E-state index in [0.717, 1.165) is 41.1 Å². The normalized spacial score (nSPS) is 15.7.